The van der Waals surface area contributed by atoms with Crippen molar-refractivity contribution in [2.75, 3.05) is 0 Å². The van der Waals surface area contributed by atoms with Crippen LogP contribution in [0.4, 0.5) is 4.39 Å². The summed E-state index contributed by atoms with van der Waals surface area (Å²) < 4.78 is 26.8. The second kappa shape index (κ2) is 3.57. The first-order valence-corrected chi connectivity index (χ1v) is 6.35. The fourth-order valence-electron chi connectivity index (χ4n) is 2.16. The van der Waals surface area contributed by atoms with Gasteiger partial charge in [-0.25, -0.2) is 4.39 Å². The summed E-state index contributed by atoms with van der Waals surface area (Å²) in [6.45, 7) is 8.01. The van der Waals surface area contributed by atoms with E-state index in [1.807, 2.05) is 33.8 Å². The number of hydrogen-bond acceptors (Lipinski definition) is 3. The highest BCUT2D eigenvalue weighted by Gasteiger charge is 2.54. The number of rotatable bonds is 2. The van der Waals surface area contributed by atoms with Gasteiger partial charge in [0.25, 0.3) is 0 Å². The van der Waals surface area contributed by atoms with Gasteiger partial charge in [-0.05, 0) is 33.8 Å². The summed E-state index contributed by atoms with van der Waals surface area (Å²) in [6, 6.07) is 1.70. The Hall–Kier alpha value is -0.875. The van der Waals surface area contributed by atoms with Crippen LogP contribution in [0.5, 0.6) is 0 Å². The molecular weight excluding hydrogens is 234 g/mol. The summed E-state index contributed by atoms with van der Waals surface area (Å²) in [5, 5.41) is 4.19. The average molecular weight is 252 g/mol. The van der Waals surface area contributed by atoms with Crippen LogP contribution < -0.4 is 5.59 Å². The largest absolute Gasteiger partial charge is 0.514 e. The molecule has 0 radical (unpaired) electrons. The molecular formula is C12H18BFN2O2. The van der Waals surface area contributed by atoms with E-state index in [0.29, 0.717) is 6.42 Å². The Balaban J connectivity index is 1.87. The lowest BCUT2D eigenvalue weighted by Gasteiger charge is -2.32. The van der Waals surface area contributed by atoms with E-state index in [4.69, 9.17) is 9.31 Å². The van der Waals surface area contributed by atoms with Gasteiger partial charge in [-0.2, -0.15) is 5.10 Å². The second-order valence-electron chi connectivity index (χ2n) is 6.11. The highest BCUT2D eigenvalue weighted by atomic mass is 19.1. The van der Waals surface area contributed by atoms with E-state index in [-0.39, 0.29) is 17.2 Å². The molecule has 18 heavy (non-hydrogen) atoms. The van der Waals surface area contributed by atoms with Crippen LogP contribution in [0.3, 0.4) is 0 Å². The molecule has 0 spiro atoms. The first-order valence-electron chi connectivity index (χ1n) is 6.35. The molecule has 2 atom stereocenters. The van der Waals surface area contributed by atoms with E-state index in [1.165, 1.54) is 0 Å². The van der Waals surface area contributed by atoms with Crippen LogP contribution in [-0.4, -0.2) is 34.3 Å². The summed E-state index contributed by atoms with van der Waals surface area (Å²) in [6.07, 6.45) is 1.42. The van der Waals surface area contributed by atoms with E-state index in [1.54, 1.807) is 10.9 Å². The van der Waals surface area contributed by atoms with Gasteiger partial charge in [0.1, 0.15) is 6.17 Å². The topological polar surface area (TPSA) is 36.3 Å². The minimum atomic E-state index is -0.786. The molecule has 2 heterocycles. The highest BCUT2D eigenvalue weighted by molar-refractivity contribution is 6.61. The minimum absolute atomic E-state index is 0.144. The van der Waals surface area contributed by atoms with Crippen LogP contribution in [0.2, 0.25) is 0 Å². The average Bonchev–Trinajstić information content (AvgIpc) is 2.73. The molecule has 1 aliphatic carbocycles. The Morgan fingerprint density at radius 2 is 1.89 bits per heavy atom. The molecule has 4 nitrogen and oxygen atoms in total. The third kappa shape index (κ3) is 1.70. The van der Waals surface area contributed by atoms with E-state index in [9.17, 15) is 4.39 Å². The molecule has 1 aliphatic heterocycles. The zero-order valence-electron chi connectivity index (χ0n) is 11.2. The SMILES string of the molecule is CC1(C)OB(c2ccnn2C2CC2F)OC1(C)C. The van der Waals surface area contributed by atoms with Crippen molar-refractivity contribution in [1.82, 2.24) is 9.78 Å². The molecule has 1 saturated carbocycles. The Morgan fingerprint density at radius 1 is 1.33 bits per heavy atom. The number of alkyl halides is 1. The highest BCUT2D eigenvalue weighted by Crippen LogP contribution is 2.39. The molecule has 0 amide bonds. The molecule has 1 aromatic rings. The summed E-state index contributed by atoms with van der Waals surface area (Å²) in [7, 11) is -0.467. The maximum absolute atomic E-state index is 13.2. The fourth-order valence-corrected chi connectivity index (χ4v) is 2.16. The Bertz CT molecular complexity index is 458. The number of nitrogens with zero attached hydrogens (tertiary/aromatic N) is 2. The van der Waals surface area contributed by atoms with Crippen molar-refractivity contribution in [3.63, 3.8) is 0 Å². The third-order valence-corrected chi connectivity index (χ3v) is 4.19. The minimum Gasteiger partial charge on any atom is -0.398 e. The molecule has 0 bridgehead atoms. The summed E-state index contributed by atoms with van der Waals surface area (Å²) in [5.41, 5.74) is 0.0374. The lowest BCUT2D eigenvalue weighted by atomic mass is 9.84. The van der Waals surface area contributed by atoms with Gasteiger partial charge in [-0.15, -0.1) is 0 Å². The molecule has 2 fully saturated rings. The lowest BCUT2D eigenvalue weighted by molar-refractivity contribution is 0.00578. The molecule has 98 valence electrons. The van der Waals surface area contributed by atoms with Crippen LogP contribution in [-0.2, 0) is 9.31 Å². The molecule has 1 saturated heterocycles. The standard InChI is InChI=1S/C12H18BFN2O2/c1-11(2)12(3,4)18-13(17-11)10-5-6-15-16(10)9-7-8(9)14/h5-6,8-9H,7H2,1-4H3. The van der Waals surface area contributed by atoms with Crippen LogP contribution in [0, 0.1) is 0 Å². The molecule has 0 aromatic carbocycles. The molecule has 3 rings (SSSR count). The smallest absolute Gasteiger partial charge is 0.398 e. The molecule has 0 N–H and O–H groups in total. The Kier molecular flexibility index (Phi) is 2.42. The van der Waals surface area contributed by atoms with Gasteiger partial charge in [-0.3, -0.25) is 4.68 Å². The number of hydrogen-bond donors (Lipinski definition) is 0. The van der Waals surface area contributed by atoms with Crippen molar-refractivity contribution in [2.45, 2.75) is 57.5 Å². The zero-order valence-corrected chi connectivity index (χ0v) is 11.2. The van der Waals surface area contributed by atoms with Crippen LogP contribution in [0.25, 0.3) is 0 Å². The van der Waals surface area contributed by atoms with Crippen molar-refractivity contribution in [2.24, 2.45) is 0 Å². The quantitative estimate of drug-likeness (QED) is 0.748. The first-order chi connectivity index (χ1) is 8.32. The third-order valence-electron chi connectivity index (χ3n) is 4.19. The van der Waals surface area contributed by atoms with Gasteiger partial charge < -0.3 is 9.31 Å². The maximum Gasteiger partial charge on any atom is 0.514 e. The maximum atomic E-state index is 13.2. The summed E-state index contributed by atoms with van der Waals surface area (Å²) in [5.74, 6) is 0. The van der Waals surface area contributed by atoms with Crippen molar-refractivity contribution in [3.05, 3.63) is 12.3 Å². The normalized spacial score (nSPS) is 32.8. The molecule has 2 aliphatic rings. The van der Waals surface area contributed by atoms with Gasteiger partial charge >= 0.3 is 7.12 Å². The summed E-state index contributed by atoms with van der Waals surface area (Å²) >= 11 is 0. The number of halogens is 1. The van der Waals surface area contributed by atoms with Gasteiger partial charge in [0.15, 0.2) is 0 Å². The van der Waals surface area contributed by atoms with E-state index < -0.39 is 13.3 Å². The van der Waals surface area contributed by atoms with Crippen molar-refractivity contribution >= 4 is 12.7 Å². The Labute approximate surface area is 107 Å². The second-order valence-corrected chi connectivity index (χ2v) is 6.11. The van der Waals surface area contributed by atoms with Gasteiger partial charge in [-0.1, -0.05) is 0 Å². The predicted molar refractivity (Wildman–Crippen MR) is 66.5 cm³/mol. The first kappa shape index (κ1) is 12.2. The van der Waals surface area contributed by atoms with Crippen LogP contribution >= 0.6 is 0 Å². The summed E-state index contributed by atoms with van der Waals surface area (Å²) in [4.78, 5) is 0. The van der Waals surface area contributed by atoms with Gasteiger partial charge in [0, 0.05) is 12.6 Å². The predicted octanol–water partition coefficient (Wildman–Crippen LogP) is 1.47. The van der Waals surface area contributed by atoms with E-state index >= 15 is 0 Å². The van der Waals surface area contributed by atoms with Gasteiger partial charge in [0.05, 0.1) is 22.8 Å². The van der Waals surface area contributed by atoms with Crippen molar-refractivity contribution < 1.29 is 13.7 Å². The molecule has 1 aromatic heterocycles. The lowest BCUT2D eigenvalue weighted by Crippen LogP contribution is -2.41. The van der Waals surface area contributed by atoms with Crippen LogP contribution in [0.1, 0.15) is 40.2 Å². The van der Waals surface area contributed by atoms with Crippen molar-refractivity contribution in [3.8, 4) is 0 Å². The number of aromatic nitrogens is 2. The Morgan fingerprint density at radius 3 is 2.39 bits per heavy atom. The molecule has 6 heteroatoms. The zero-order chi connectivity index (χ0) is 13.1. The van der Waals surface area contributed by atoms with Crippen LogP contribution in [0.15, 0.2) is 12.3 Å². The fraction of sp³-hybridized carbons (Fsp3) is 0.750. The van der Waals surface area contributed by atoms with E-state index in [0.717, 1.165) is 5.59 Å². The molecule has 2 unspecified atom stereocenters. The van der Waals surface area contributed by atoms with E-state index in [2.05, 4.69) is 5.10 Å². The van der Waals surface area contributed by atoms with Crippen molar-refractivity contribution in [1.29, 1.82) is 0 Å². The van der Waals surface area contributed by atoms with Gasteiger partial charge in [0.2, 0.25) is 0 Å². The monoisotopic (exact) mass is 252 g/mol.